The van der Waals surface area contributed by atoms with Crippen molar-refractivity contribution in [2.24, 2.45) is 11.3 Å². The van der Waals surface area contributed by atoms with E-state index in [-0.39, 0.29) is 6.92 Å². The number of benzene rings is 1. The highest BCUT2D eigenvalue weighted by atomic mass is 16.5. The maximum Gasteiger partial charge on any atom is 0.293 e. The van der Waals surface area contributed by atoms with Crippen LogP contribution < -0.4 is 4.74 Å². The number of hydrogen-bond donors (Lipinski definition) is 2. The molecule has 3 unspecified atom stereocenters. The highest BCUT2D eigenvalue weighted by molar-refractivity contribution is 5.48. The van der Waals surface area contributed by atoms with Crippen molar-refractivity contribution >= 4 is 0 Å². The van der Waals surface area contributed by atoms with E-state index < -0.39 is 116 Å². The van der Waals surface area contributed by atoms with E-state index in [9.17, 15) is 5.11 Å². The topological polar surface area (TPSA) is 52.9 Å². The molecule has 2 aliphatic heterocycles. The van der Waals surface area contributed by atoms with Gasteiger partial charge in [-0.1, -0.05) is 20.6 Å². The SMILES string of the molecule is [2H]Oc1c([2H])c2c(c([2H])c1OC([2H])([2H])[2H])C1N(C([2H])([2H])C2([2H])[2H])C([2H])([2H])C([2H])(C([2H])([2H])C(C)(C([2H])([2H])[2H])C([2H])([2H])[2H])C([2H])(O)C1([2H])[2H]. The summed E-state index contributed by atoms with van der Waals surface area (Å²) in [6.45, 7) is -16.4. The maximum atomic E-state index is 11.6. The van der Waals surface area contributed by atoms with Crippen molar-refractivity contribution in [2.45, 2.75) is 51.9 Å². The minimum absolute atomic E-state index is 0.214. The van der Waals surface area contributed by atoms with Crippen LogP contribution in [0.2, 0.25) is 0 Å². The minimum Gasteiger partial charge on any atom is -0.504 e. The molecule has 0 amide bonds. The zero-order valence-corrected chi connectivity index (χ0v) is 11.8. The standard InChI is InChI=1S/C19H29NO3/c1-19(2,3)10-13-11-20-6-5-12-7-17(22)18(23-4)8-14(12)15(20)9-16(13)21/h7-8,13,15-16,21-22H,5-6,9-11H2,1-4H3/i1D3,2D3,4D3,5D2,6D2,7D,8D,9D2,10D2,11D2,13D,16D/hD. The van der Waals surface area contributed by atoms with Crippen LogP contribution in [0.4, 0.5) is 0 Å². The molecule has 3 atom stereocenters. The van der Waals surface area contributed by atoms with Gasteiger partial charge in [0, 0.05) is 42.3 Å². The van der Waals surface area contributed by atoms with Gasteiger partial charge in [0.05, 0.1) is 21.3 Å². The molecule has 0 aliphatic carbocycles. The Morgan fingerprint density at radius 1 is 1.65 bits per heavy atom. The van der Waals surface area contributed by atoms with Crippen molar-refractivity contribution < 1.29 is 46.5 Å². The van der Waals surface area contributed by atoms with Crippen molar-refractivity contribution in [1.82, 2.24) is 4.90 Å². The Hall–Kier alpha value is -1.26. The van der Waals surface area contributed by atoms with Gasteiger partial charge in [0.1, 0.15) is 0 Å². The first-order valence-corrected chi connectivity index (χ1v) is 6.37. The second-order valence-corrected chi connectivity index (χ2v) is 5.04. The Bertz CT molecular complexity index is 1430. The van der Waals surface area contributed by atoms with Crippen molar-refractivity contribution in [3.05, 3.63) is 23.2 Å². The van der Waals surface area contributed by atoms with Gasteiger partial charge in [-0.15, -0.1) is 0 Å². The van der Waals surface area contributed by atoms with Crippen molar-refractivity contribution in [1.29, 1.82) is 1.43 Å². The number of nitrogens with zero attached hydrogens (tertiary/aromatic N) is 1. The quantitative estimate of drug-likeness (QED) is 0.885. The summed E-state index contributed by atoms with van der Waals surface area (Å²) in [7, 11) is -3.50. The van der Waals surface area contributed by atoms with Crippen LogP contribution in [0.3, 0.4) is 0 Å². The van der Waals surface area contributed by atoms with Gasteiger partial charge in [-0.2, -0.15) is 0 Å². The fraction of sp³-hybridized carbons (Fsp3) is 0.684. The largest absolute Gasteiger partial charge is 0.504 e. The van der Waals surface area contributed by atoms with Crippen molar-refractivity contribution in [3.8, 4) is 11.5 Å². The molecule has 3 rings (SSSR count). The van der Waals surface area contributed by atoms with E-state index in [1.165, 1.54) is 0 Å². The predicted molar refractivity (Wildman–Crippen MR) is 90.9 cm³/mol. The van der Waals surface area contributed by atoms with Crippen LogP contribution >= 0.6 is 0 Å². The molecule has 1 aromatic rings. The molecular weight excluding hydrogens is 290 g/mol. The number of piperidine rings is 1. The number of rotatable bonds is 3. The van der Waals surface area contributed by atoms with E-state index in [4.69, 9.17) is 33.0 Å². The first-order valence-electron chi connectivity index (χ1n) is 18.3. The predicted octanol–water partition coefficient (Wildman–Crippen LogP) is 3.12. The molecule has 4 nitrogen and oxygen atoms in total. The Labute approximate surface area is 172 Å². The van der Waals surface area contributed by atoms with Gasteiger partial charge in [0.2, 0.25) is 0 Å². The van der Waals surface area contributed by atoms with E-state index in [1.54, 1.807) is 0 Å². The van der Waals surface area contributed by atoms with Gasteiger partial charge in [0.15, 0.2) is 11.5 Å². The molecule has 1 saturated heterocycles. The monoisotopic (exact) mass is 343 g/mol. The van der Waals surface area contributed by atoms with E-state index in [1.807, 2.05) is 0 Å². The zero-order chi connectivity index (χ0) is 37.5. The summed E-state index contributed by atoms with van der Waals surface area (Å²) in [5.74, 6) is -7.36. The van der Waals surface area contributed by atoms with Crippen LogP contribution in [0.15, 0.2) is 12.1 Å². The summed E-state index contributed by atoms with van der Waals surface area (Å²) in [6.07, 6.45) is -17.3. The lowest BCUT2D eigenvalue weighted by Gasteiger charge is -2.47. The molecule has 1 aromatic carbocycles. The van der Waals surface area contributed by atoms with Gasteiger partial charge in [0.25, 0.3) is 1.43 Å². The first kappa shape index (κ1) is 4.10. The highest BCUT2D eigenvalue weighted by Crippen LogP contribution is 2.44. The normalized spacial score (nSPS) is 60.7. The van der Waals surface area contributed by atoms with Crippen LogP contribution in [0.5, 0.6) is 11.5 Å². The van der Waals surface area contributed by atoms with Gasteiger partial charge < -0.3 is 15.0 Å². The maximum absolute atomic E-state index is 11.6. The first-order chi connectivity index (χ1) is 20.4. The lowest BCUT2D eigenvalue weighted by molar-refractivity contribution is -0.0259. The van der Waals surface area contributed by atoms with Crippen LogP contribution in [-0.4, -0.2) is 42.7 Å². The summed E-state index contributed by atoms with van der Waals surface area (Å²) in [5.41, 5.74) is -6.62. The highest BCUT2D eigenvalue weighted by Gasteiger charge is 2.39. The number of aromatic hydroxyl groups is 1. The molecule has 2 aliphatic rings. The third-order valence-corrected chi connectivity index (χ3v) is 3.01. The van der Waals surface area contributed by atoms with Crippen molar-refractivity contribution in [2.75, 3.05) is 20.0 Å². The van der Waals surface area contributed by atoms with Crippen LogP contribution in [-0.2, 0) is 6.37 Å². The number of phenolic OH excluding ortho intramolecular Hbond substituents is 1. The van der Waals surface area contributed by atoms with Gasteiger partial charge >= 0.3 is 0 Å². The molecule has 4 heteroatoms. The van der Waals surface area contributed by atoms with E-state index in [0.29, 0.717) is 0 Å². The summed E-state index contributed by atoms with van der Waals surface area (Å²) in [5, 5.41) is 15.8. The van der Waals surface area contributed by atoms with E-state index in [0.717, 1.165) is 0 Å². The van der Waals surface area contributed by atoms with Crippen LogP contribution in [0.1, 0.15) is 82.1 Å². The number of fused-ring (bicyclic) bond motifs is 3. The van der Waals surface area contributed by atoms with E-state index >= 15 is 0 Å². The summed E-state index contributed by atoms with van der Waals surface area (Å²) in [4.78, 5) is -0.534. The summed E-state index contributed by atoms with van der Waals surface area (Å²) in [6, 6.07) is -5.92. The third kappa shape index (κ3) is 3.33. The number of phenols is 1. The van der Waals surface area contributed by atoms with Crippen LogP contribution in [0, 0.1) is 11.3 Å². The molecule has 2 N–H and O–H groups in total. The molecule has 0 spiro atoms. The lowest BCUT2D eigenvalue weighted by atomic mass is 9.75. The van der Waals surface area contributed by atoms with Gasteiger partial charge in [-0.3, -0.25) is 4.90 Å². The molecule has 1 fully saturated rings. The van der Waals surface area contributed by atoms with E-state index in [2.05, 4.69) is 9.85 Å². The average Bonchev–Trinajstić information content (AvgIpc) is 2.83. The Morgan fingerprint density at radius 2 is 2.52 bits per heavy atom. The number of ether oxygens (including phenoxy) is 1. The van der Waals surface area contributed by atoms with Crippen LogP contribution in [0.25, 0.3) is 0 Å². The molecule has 128 valence electrons. The number of aliphatic hydroxyl groups is 1. The fourth-order valence-corrected chi connectivity index (χ4v) is 2.11. The molecule has 23 heavy (non-hydrogen) atoms. The molecule has 0 saturated carbocycles. The smallest absolute Gasteiger partial charge is 0.293 e. The Morgan fingerprint density at radius 3 is 3.26 bits per heavy atom. The molecule has 2 heterocycles. The lowest BCUT2D eigenvalue weighted by Crippen LogP contribution is -2.48. The Balaban J connectivity index is 2.68. The third-order valence-electron chi connectivity index (χ3n) is 3.01. The van der Waals surface area contributed by atoms with Gasteiger partial charge in [-0.25, -0.2) is 0 Å². The molecule has 0 bridgehead atoms. The average molecular weight is 344 g/mol. The number of hydrogen-bond acceptors (Lipinski definition) is 4. The van der Waals surface area contributed by atoms with Gasteiger partial charge in [-0.05, 0) is 53.6 Å². The zero-order valence-electron chi connectivity index (χ0n) is 35.8. The second-order valence-electron chi connectivity index (χ2n) is 5.04. The Kier molecular flexibility index (Phi) is 1.07. The van der Waals surface area contributed by atoms with Crippen molar-refractivity contribution in [3.63, 3.8) is 0 Å². The molecule has 0 aromatic heterocycles. The molecular formula is C19H29NO3. The molecule has 0 radical (unpaired) electrons. The number of methoxy groups -OCH3 is 1. The fourth-order valence-electron chi connectivity index (χ4n) is 2.11. The second kappa shape index (κ2) is 5.99. The summed E-state index contributed by atoms with van der Waals surface area (Å²) < 4.78 is 204. The summed E-state index contributed by atoms with van der Waals surface area (Å²) >= 11 is 0. The minimum atomic E-state index is -4.72.